The van der Waals surface area contributed by atoms with Gasteiger partial charge in [-0.3, -0.25) is 9.59 Å². The van der Waals surface area contributed by atoms with Gasteiger partial charge in [-0.2, -0.15) is 13.2 Å². The van der Waals surface area contributed by atoms with Crippen LogP contribution in [0.1, 0.15) is 18.4 Å². The number of nitrogen functional groups attached to an aromatic ring is 1. The van der Waals surface area contributed by atoms with Gasteiger partial charge in [0.25, 0.3) is 0 Å². The summed E-state index contributed by atoms with van der Waals surface area (Å²) in [5, 5.41) is 3.12. The molecule has 2 aliphatic rings. The Bertz CT molecular complexity index is 1660. The van der Waals surface area contributed by atoms with Crippen molar-refractivity contribution in [2.45, 2.75) is 37.6 Å². The lowest BCUT2D eigenvalue weighted by Crippen LogP contribution is -2.46. The van der Waals surface area contributed by atoms with Crippen LogP contribution in [0, 0.1) is 5.92 Å². The average molecular weight is 604 g/mol. The molecule has 0 bridgehead atoms. The van der Waals surface area contributed by atoms with E-state index in [2.05, 4.69) is 36.2 Å². The Morgan fingerprint density at radius 1 is 1.23 bits per heavy atom. The molecule has 14 heteroatoms. The molecule has 1 aliphatic carbocycles. The van der Waals surface area contributed by atoms with Crippen LogP contribution in [0.5, 0.6) is 5.75 Å². The molecule has 39 heavy (non-hydrogen) atoms. The highest BCUT2D eigenvalue weighted by atomic mass is 79.9. The van der Waals surface area contributed by atoms with Crippen LogP contribution in [-0.4, -0.2) is 55.4 Å². The van der Waals surface area contributed by atoms with E-state index in [9.17, 15) is 22.8 Å². The first-order valence-corrected chi connectivity index (χ1v) is 12.8. The maximum atomic E-state index is 13.8. The number of pyridine rings is 1. The molecule has 3 atom stereocenters. The van der Waals surface area contributed by atoms with E-state index < -0.39 is 23.5 Å². The molecule has 1 aromatic carbocycles. The number of likely N-dealkylation sites (tertiary alicyclic amines) is 1. The Morgan fingerprint density at radius 3 is 2.74 bits per heavy atom. The van der Waals surface area contributed by atoms with Gasteiger partial charge in [-0.15, -0.1) is 0 Å². The number of nitrogens with zero attached hydrogens (tertiary/aromatic N) is 5. The van der Waals surface area contributed by atoms with Gasteiger partial charge in [0.2, 0.25) is 11.8 Å². The quantitative estimate of drug-likeness (QED) is 0.330. The fourth-order valence-electron chi connectivity index (χ4n) is 5.46. The van der Waals surface area contributed by atoms with Gasteiger partial charge in [0.1, 0.15) is 46.5 Å². The number of carbonyl (C=O) groups is 2. The molecule has 1 aliphatic heterocycles. The summed E-state index contributed by atoms with van der Waals surface area (Å²) < 4.78 is 48.4. The topological polar surface area (TPSA) is 128 Å². The lowest BCUT2D eigenvalue weighted by Gasteiger charge is -2.27. The van der Waals surface area contributed by atoms with Gasteiger partial charge in [0.05, 0.1) is 23.6 Å². The summed E-state index contributed by atoms with van der Waals surface area (Å²) in [6.07, 6.45) is -2.20. The first-order chi connectivity index (χ1) is 18.6. The van der Waals surface area contributed by atoms with Gasteiger partial charge in [0, 0.05) is 17.5 Å². The van der Waals surface area contributed by atoms with E-state index in [0.717, 1.165) is 19.6 Å². The van der Waals surface area contributed by atoms with Crippen LogP contribution >= 0.6 is 15.9 Å². The number of ether oxygens (including phenoxy) is 1. The Labute approximate surface area is 227 Å². The number of alkyl halides is 3. The van der Waals surface area contributed by atoms with E-state index in [1.807, 2.05) is 0 Å². The number of methoxy groups -OCH3 is 1. The minimum atomic E-state index is -4.69. The summed E-state index contributed by atoms with van der Waals surface area (Å²) in [5.41, 5.74) is 5.56. The van der Waals surface area contributed by atoms with Crippen LogP contribution in [0.4, 0.5) is 24.8 Å². The Kier molecular flexibility index (Phi) is 5.90. The number of nitrogens with one attached hydrogen (secondary N) is 1. The van der Waals surface area contributed by atoms with Crippen molar-refractivity contribution in [2.24, 2.45) is 5.92 Å². The average Bonchev–Trinajstić information content (AvgIpc) is 3.43. The molecular weight excluding hydrogens is 583 g/mol. The first kappa shape index (κ1) is 25.3. The molecule has 1 saturated heterocycles. The van der Waals surface area contributed by atoms with Crippen molar-refractivity contribution in [3.63, 3.8) is 0 Å². The second-order valence-electron chi connectivity index (χ2n) is 9.56. The number of rotatable bonds is 5. The zero-order valence-electron chi connectivity index (χ0n) is 20.4. The lowest BCUT2D eigenvalue weighted by atomic mass is 10.1. The van der Waals surface area contributed by atoms with Crippen molar-refractivity contribution in [1.29, 1.82) is 0 Å². The molecule has 0 unspecified atom stereocenters. The second-order valence-corrected chi connectivity index (χ2v) is 10.4. The Balaban J connectivity index is 1.38. The number of aromatic nitrogens is 4. The van der Waals surface area contributed by atoms with Gasteiger partial charge in [-0.05, 0) is 52.9 Å². The van der Waals surface area contributed by atoms with Crippen LogP contribution in [0.3, 0.4) is 0 Å². The Morgan fingerprint density at radius 2 is 2.03 bits per heavy atom. The van der Waals surface area contributed by atoms with Crippen molar-refractivity contribution in [2.75, 3.05) is 18.2 Å². The highest BCUT2D eigenvalue weighted by Gasteiger charge is 2.56. The van der Waals surface area contributed by atoms with Crippen LogP contribution in [0.25, 0.3) is 21.9 Å². The minimum absolute atomic E-state index is 0.0169. The van der Waals surface area contributed by atoms with Crippen molar-refractivity contribution in [1.82, 2.24) is 24.4 Å². The maximum Gasteiger partial charge on any atom is 0.419 e. The van der Waals surface area contributed by atoms with Crippen LogP contribution in [0.2, 0.25) is 0 Å². The van der Waals surface area contributed by atoms with Crippen molar-refractivity contribution >= 4 is 61.3 Å². The number of piperidine rings is 1. The minimum Gasteiger partial charge on any atom is -0.496 e. The third-order valence-corrected chi connectivity index (χ3v) is 7.69. The zero-order valence-corrected chi connectivity index (χ0v) is 22.0. The number of fused-ring (bicyclic) bond motifs is 4. The van der Waals surface area contributed by atoms with Gasteiger partial charge >= 0.3 is 6.18 Å². The molecule has 202 valence electrons. The number of halogens is 4. The Hall–Kier alpha value is -3.94. The molecule has 2 amide bonds. The van der Waals surface area contributed by atoms with Crippen LogP contribution < -0.4 is 15.8 Å². The van der Waals surface area contributed by atoms with Crippen molar-refractivity contribution in [3.8, 4) is 5.75 Å². The summed E-state index contributed by atoms with van der Waals surface area (Å²) in [7, 11) is 1.14. The fourth-order valence-corrected chi connectivity index (χ4v) is 5.81. The normalized spacial score (nSPS) is 20.3. The van der Waals surface area contributed by atoms with E-state index in [1.165, 1.54) is 17.0 Å². The largest absolute Gasteiger partial charge is 0.496 e. The first-order valence-electron chi connectivity index (χ1n) is 12.0. The summed E-state index contributed by atoms with van der Waals surface area (Å²) in [6, 6.07) is 6.48. The molecule has 3 aromatic heterocycles. The van der Waals surface area contributed by atoms with E-state index in [0.29, 0.717) is 16.8 Å². The number of hydrogen-bond donors (Lipinski definition) is 2. The van der Waals surface area contributed by atoms with E-state index in [-0.39, 0.29) is 58.1 Å². The van der Waals surface area contributed by atoms with Gasteiger partial charge < -0.3 is 25.3 Å². The number of amides is 2. The van der Waals surface area contributed by atoms with Crippen LogP contribution in [-0.2, 0) is 22.3 Å². The predicted molar refractivity (Wildman–Crippen MR) is 139 cm³/mol. The molecule has 6 rings (SSSR count). The molecule has 0 radical (unpaired) electrons. The number of hydrogen-bond acceptors (Lipinski definition) is 7. The number of anilines is 2. The number of benzene rings is 1. The monoisotopic (exact) mass is 603 g/mol. The standard InChI is InChI=1S/C25H21BrF3N7O3/c1-39-17-8-15-12(7-13(17)25(27,28)29)21-22(30)31-10-32-23(21)35(15)9-20(37)36-14-5-11(14)6-16(36)24(38)34-19-4-2-3-18(26)33-19/h2-4,7-8,10-11,14,16H,5-6,9H2,1H3,(H2,30,31,32)(H,33,34,38)/t11-,14-,16+/m1/s1. The number of nitrogens with two attached hydrogens (primary N) is 1. The predicted octanol–water partition coefficient (Wildman–Crippen LogP) is 3.98. The third-order valence-electron chi connectivity index (χ3n) is 7.25. The SMILES string of the molecule is COc1cc2c(cc1C(F)(F)F)c1c(N)ncnc1n2CC(=O)N1[C@@H]2C[C@@H]2C[C@H]1C(=O)Nc1cccc(Br)n1. The van der Waals surface area contributed by atoms with Crippen LogP contribution in [0.15, 0.2) is 41.3 Å². The third kappa shape index (κ3) is 4.32. The number of carbonyl (C=O) groups excluding carboxylic acids is 2. The summed E-state index contributed by atoms with van der Waals surface area (Å²) >= 11 is 3.27. The van der Waals surface area contributed by atoms with E-state index in [4.69, 9.17) is 10.5 Å². The zero-order chi connectivity index (χ0) is 27.6. The highest BCUT2D eigenvalue weighted by molar-refractivity contribution is 9.10. The van der Waals surface area contributed by atoms with Gasteiger partial charge in [0.15, 0.2) is 0 Å². The summed E-state index contributed by atoms with van der Waals surface area (Å²) in [6.45, 7) is -0.271. The van der Waals surface area contributed by atoms with Gasteiger partial charge in [-0.25, -0.2) is 15.0 Å². The van der Waals surface area contributed by atoms with Crippen molar-refractivity contribution in [3.05, 3.63) is 46.8 Å². The molecule has 4 heterocycles. The lowest BCUT2D eigenvalue weighted by molar-refractivity contribution is -0.139. The molecular formula is C25H21BrF3N7O3. The summed E-state index contributed by atoms with van der Waals surface area (Å²) in [5.74, 6) is -0.573. The summed E-state index contributed by atoms with van der Waals surface area (Å²) in [4.78, 5) is 40.9. The molecule has 2 fully saturated rings. The van der Waals surface area contributed by atoms with Crippen molar-refractivity contribution < 1.29 is 27.5 Å². The molecule has 0 spiro atoms. The highest BCUT2D eigenvalue weighted by Crippen LogP contribution is 2.48. The molecule has 1 saturated carbocycles. The van der Waals surface area contributed by atoms with E-state index >= 15 is 0 Å². The smallest absolute Gasteiger partial charge is 0.419 e. The molecule has 10 nitrogen and oxygen atoms in total. The molecule has 4 aromatic rings. The van der Waals surface area contributed by atoms with Gasteiger partial charge in [-0.1, -0.05) is 6.07 Å². The fraction of sp³-hybridized carbons (Fsp3) is 0.320. The molecule has 3 N–H and O–H groups in total. The second kappa shape index (κ2) is 9.07. The maximum absolute atomic E-state index is 13.8. The van der Waals surface area contributed by atoms with E-state index in [1.54, 1.807) is 23.1 Å².